The van der Waals surface area contributed by atoms with Gasteiger partial charge in [0.15, 0.2) is 0 Å². The lowest BCUT2D eigenvalue weighted by molar-refractivity contribution is 1.15. The summed E-state index contributed by atoms with van der Waals surface area (Å²) in [5.41, 5.74) is 4.95. The van der Waals surface area contributed by atoms with Crippen LogP contribution < -0.4 is 0 Å². The summed E-state index contributed by atoms with van der Waals surface area (Å²) >= 11 is 7.19. The largest absolute Gasteiger partial charge is 0.309 e. The van der Waals surface area contributed by atoms with Crippen molar-refractivity contribution < 1.29 is 0 Å². The van der Waals surface area contributed by atoms with Crippen LogP contribution in [0.25, 0.3) is 27.5 Å². The molecular weight excluding hydrogens is 402 g/mol. The molecule has 1 heterocycles. The van der Waals surface area contributed by atoms with Gasteiger partial charge < -0.3 is 4.57 Å². The molecule has 0 aliphatic heterocycles. The SMILES string of the molecule is Cc1ccccc1-n1c2ccc(Br)cc2c2cc(Br)ccc21. The molecular formula is C19H13Br2N. The van der Waals surface area contributed by atoms with Crippen molar-refractivity contribution >= 4 is 53.7 Å². The Hall–Kier alpha value is -1.58. The van der Waals surface area contributed by atoms with Crippen molar-refractivity contribution in [2.45, 2.75) is 6.92 Å². The van der Waals surface area contributed by atoms with E-state index in [9.17, 15) is 0 Å². The minimum Gasteiger partial charge on any atom is -0.309 e. The van der Waals surface area contributed by atoms with Crippen LogP contribution in [0, 0.1) is 6.92 Å². The van der Waals surface area contributed by atoms with E-state index in [-0.39, 0.29) is 0 Å². The molecule has 0 radical (unpaired) electrons. The van der Waals surface area contributed by atoms with Gasteiger partial charge in [0.05, 0.1) is 11.0 Å². The predicted octanol–water partition coefficient (Wildman–Crippen LogP) is 6.62. The number of benzene rings is 3. The summed E-state index contributed by atoms with van der Waals surface area (Å²) in [6.45, 7) is 2.16. The van der Waals surface area contributed by atoms with Crippen molar-refractivity contribution in [3.05, 3.63) is 75.2 Å². The summed E-state index contributed by atoms with van der Waals surface area (Å²) in [6.07, 6.45) is 0. The standard InChI is InChI=1S/C19H13Br2N/c1-12-4-2-3-5-17(12)22-18-8-6-13(20)10-15(18)16-11-14(21)7-9-19(16)22/h2-11H,1H3. The number of halogens is 2. The van der Waals surface area contributed by atoms with Crippen molar-refractivity contribution in [2.75, 3.05) is 0 Å². The van der Waals surface area contributed by atoms with Gasteiger partial charge in [0.2, 0.25) is 0 Å². The fourth-order valence-corrected chi connectivity index (χ4v) is 3.76. The molecule has 22 heavy (non-hydrogen) atoms. The second-order valence-corrected chi connectivity index (χ2v) is 7.28. The molecule has 0 saturated carbocycles. The van der Waals surface area contributed by atoms with E-state index in [1.54, 1.807) is 0 Å². The first-order chi connectivity index (χ1) is 10.6. The summed E-state index contributed by atoms with van der Waals surface area (Å²) in [5.74, 6) is 0. The van der Waals surface area contributed by atoms with Crippen LogP contribution in [-0.4, -0.2) is 4.57 Å². The average Bonchev–Trinajstić information content (AvgIpc) is 2.81. The van der Waals surface area contributed by atoms with Crippen LogP contribution in [0.15, 0.2) is 69.6 Å². The van der Waals surface area contributed by atoms with Gasteiger partial charge in [-0.25, -0.2) is 0 Å². The molecule has 0 N–H and O–H groups in total. The summed E-state index contributed by atoms with van der Waals surface area (Å²) in [6, 6.07) is 21.5. The van der Waals surface area contributed by atoms with Gasteiger partial charge >= 0.3 is 0 Å². The fraction of sp³-hybridized carbons (Fsp3) is 0.0526. The Labute approximate surface area is 145 Å². The smallest absolute Gasteiger partial charge is 0.0541 e. The molecule has 108 valence electrons. The second kappa shape index (κ2) is 5.25. The number of rotatable bonds is 1. The zero-order valence-corrected chi connectivity index (χ0v) is 15.1. The molecule has 3 heteroatoms. The third-order valence-electron chi connectivity index (χ3n) is 4.05. The van der Waals surface area contributed by atoms with Crippen molar-refractivity contribution in [3.63, 3.8) is 0 Å². The number of nitrogens with zero attached hydrogens (tertiary/aromatic N) is 1. The van der Waals surface area contributed by atoms with Crippen LogP contribution in [0.5, 0.6) is 0 Å². The molecule has 0 atom stereocenters. The molecule has 1 aromatic heterocycles. The highest BCUT2D eigenvalue weighted by atomic mass is 79.9. The van der Waals surface area contributed by atoms with E-state index in [1.807, 2.05) is 0 Å². The van der Waals surface area contributed by atoms with Crippen LogP contribution >= 0.6 is 31.9 Å². The monoisotopic (exact) mass is 413 g/mol. The van der Waals surface area contributed by atoms with Gasteiger partial charge in [0.25, 0.3) is 0 Å². The lowest BCUT2D eigenvalue weighted by Crippen LogP contribution is -1.96. The van der Waals surface area contributed by atoms with Gasteiger partial charge in [-0.05, 0) is 55.0 Å². The number of aryl methyl sites for hydroxylation is 1. The van der Waals surface area contributed by atoms with E-state index >= 15 is 0 Å². The number of para-hydroxylation sites is 1. The van der Waals surface area contributed by atoms with Gasteiger partial charge in [-0.3, -0.25) is 0 Å². The summed E-state index contributed by atoms with van der Waals surface area (Å²) in [7, 11) is 0. The van der Waals surface area contributed by atoms with E-state index in [4.69, 9.17) is 0 Å². The van der Waals surface area contributed by atoms with Crippen molar-refractivity contribution in [3.8, 4) is 5.69 Å². The maximum Gasteiger partial charge on any atom is 0.0541 e. The first-order valence-electron chi connectivity index (χ1n) is 7.10. The molecule has 0 saturated heterocycles. The highest BCUT2D eigenvalue weighted by molar-refractivity contribution is 9.10. The molecule has 0 amide bonds. The van der Waals surface area contributed by atoms with Crippen LogP contribution in [0.4, 0.5) is 0 Å². The summed E-state index contributed by atoms with van der Waals surface area (Å²) in [4.78, 5) is 0. The highest BCUT2D eigenvalue weighted by Crippen LogP contribution is 2.35. The van der Waals surface area contributed by atoms with Crippen molar-refractivity contribution in [1.29, 1.82) is 0 Å². The maximum atomic E-state index is 3.60. The zero-order chi connectivity index (χ0) is 15.3. The molecule has 0 fully saturated rings. The minimum absolute atomic E-state index is 1.10. The Morgan fingerprint density at radius 1 is 0.727 bits per heavy atom. The normalized spacial score (nSPS) is 11.4. The molecule has 4 rings (SSSR count). The van der Waals surface area contributed by atoms with Gasteiger partial charge in [-0.1, -0.05) is 50.1 Å². The first kappa shape index (κ1) is 14.0. The zero-order valence-electron chi connectivity index (χ0n) is 12.0. The van der Waals surface area contributed by atoms with Gasteiger partial charge in [-0.2, -0.15) is 0 Å². The van der Waals surface area contributed by atoms with Crippen molar-refractivity contribution in [2.24, 2.45) is 0 Å². The van der Waals surface area contributed by atoms with E-state index in [2.05, 4.69) is 104 Å². The Kier molecular flexibility index (Phi) is 3.35. The second-order valence-electron chi connectivity index (χ2n) is 5.44. The number of aromatic nitrogens is 1. The third kappa shape index (κ3) is 2.11. The lowest BCUT2D eigenvalue weighted by Gasteiger charge is -2.10. The van der Waals surface area contributed by atoms with E-state index in [0.29, 0.717) is 0 Å². The van der Waals surface area contributed by atoms with E-state index in [1.165, 1.54) is 33.1 Å². The van der Waals surface area contributed by atoms with Gasteiger partial charge in [-0.15, -0.1) is 0 Å². The Balaban J connectivity index is 2.23. The summed E-state index contributed by atoms with van der Waals surface area (Å²) < 4.78 is 4.55. The van der Waals surface area contributed by atoms with Crippen LogP contribution in [0.1, 0.15) is 5.56 Å². The maximum absolute atomic E-state index is 3.60. The molecule has 0 aliphatic carbocycles. The average molecular weight is 415 g/mol. The van der Waals surface area contributed by atoms with Crippen LogP contribution in [-0.2, 0) is 0 Å². The first-order valence-corrected chi connectivity index (χ1v) is 8.69. The summed E-state index contributed by atoms with van der Waals surface area (Å²) in [5, 5.41) is 2.52. The number of fused-ring (bicyclic) bond motifs is 3. The Bertz CT molecular complexity index is 955. The molecule has 0 aliphatic rings. The topological polar surface area (TPSA) is 4.93 Å². The fourth-order valence-electron chi connectivity index (χ4n) is 3.04. The predicted molar refractivity (Wildman–Crippen MR) is 101 cm³/mol. The van der Waals surface area contributed by atoms with E-state index in [0.717, 1.165) is 8.95 Å². The third-order valence-corrected chi connectivity index (χ3v) is 5.03. The highest BCUT2D eigenvalue weighted by Gasteiger charge is 2.13. The number of hydrogen-bond donors (Lipinski definition) is 0. The minimum atomic E-state index is 1.10. The lowest BCUT2D eigenvalue weighted by atomic mass is 10.2. The quantitative estimate of drug-likeness (QED) is 0.330. The molecule has 0 bridgehead atoms. The van der Waals surface area contributed by atoms with Gasteiger partial charge in [0.1, 0.15) is 0 Å². The molecule has 1 nitrogen and oxygen atoms in total. The van der Waals surface area contributed by atoms with Gasteiger partial charge in [0, 0.05) is 25.4 Å². The molecule has 4 aromatic rings. The Morgan fingerprint density at radius 2 is 1.27 bits per heavy atom. The molecule has 0 spiro atoms. The van der Waals surface area contributed by atoms with Crippen LogP contribution in [0.2, 0.25) is 0 Å². The van der Waals surface area contributed by atoms with Crippen LogP contribution in [0.3, 0.4) is 0 Å². The van der Waals surface area contributed by atoms with E-state index < -0.39 is 0 Å². The Morgan fingerprint density at radius 3 is 1.82 bits per heavy atom. The van der Waals surface area contributed by atoms with Crippen molar-refractivity contribution in [1.82, 2.24) is 4.57 Å². The molecule has 3 aromatic carbocycles. The molecule has 0 unspecified atom stereocenters. The number of hydrogen-bond acceptors (Lipinski definition) is 0.